The summed E-state index contributed by atoms with van der Waals surface area (Å²) in [6, 6.07) is 9.15. The maximum absolute atomic E-state index is 13.3. The fourth-order valence-corrected chi connectivity index (χ4v) is 6.87. The van der Waals surface area contributed by atoms with E-state index >= 15 is 0 Å². The molecule has 0 aliphatic heterocycles. The van der Waals surface area contributed by atoms with Gasteiger partial charge in [0.1, 0.15) is 23.6 Å². The first-order valence-corrected chi connectivity index (χ1v) is 21.3. The molecule has 13 N–H and O–H groups in total. The second-order valence-corrected chi connectivity index (χ2v) is 15.0. The average molecular weight is 922 g/mol. The molecule has 66 heavy (non-hydrogen) atoms. The van der Waals surface area contributed by atoms with Gasteiger partial charge in [-0.15, -0.1) is 0 Å². The van der Waals surface area contributed by atoms with Gasteiger partial charge in [-0.1, -0.05) is 10.9 Å². The van der Waals surface area contributed by atoms with Gasteiger partial charge in [0.2, 0.25) is 23.6 Å². The molecule has 2 aromatic carbocycles. The molecule has 0 saturated heterocycles. The summed E-state index contributed by atoms with van der Waals surface area (Å²) in [6.45, 7) is 2.04. The van der Waals surface area contributed by atoms with Crippen molar-refractivity contribution >= 4 is 57.4 Å². The van der Waals surface area contributed by atoms with E-state index in [0.717, 1.165) is 32.9 Å². The van der Waals surface area contributed by atoms with E-state index in [4.69, 9.17) is 20.9 Å². The van der Waals surface area contributed by atoms with E-state index in [0.29, 0.717) is 69.8 Å². The number of nitrogens with two attached hydrogens (primary N) is 2. The number of ether oxygens (including phenoxy) is 2. The highest BCUT2D eigenvalue weighted by Gasteiger charge is 2.23. The van der Waals surface area contributed by atoms with Crippen molar-refractivity contribution in [2.24, 2.45) is 21.5 Å². The van der Waals surface area contributed by atoms with Crippen LogP contribution >= 0.6 is 0 Å². The number of hydrogen-bond acceptors (Lipinski definition) is 13. The first kappa shape index (κ1) is 50.9. The van der Waals surface area contributed by atoms with Crippen LogP contribution in [0.3, 0.4) is 0 Å². The lowest BCUT2D eigenvalue weighted by atomic mass is 10.1. The average Bonchev–Trinajstić information content (AvgIpc) is 3.87. The van der Waals surface area contributed by atoms with Crippen molar-refractivity contribution in [1.82, 2.24) is 47.4 Å². The largest absolute Gasteiger partial charge is 0.497 e. The number of nitro groups is 2. The van der Waals surface area contributed by atoms with Gasteiger partial charge in [-0.3, -0.25) is 19.2 Å². The number of nitrogens with zero attached hydrogens (tertiary/aromatic N) is 4. The fourth-order valence-electron chi connectivity index (χ4n) is 6.87. The second-order valence-electron chi connectivity index (χ2n) is 15.0. The van der Waals surface area contributed by atoms with Crippen LogP contribution < -0.4 is 58.4 Å². The van der Waals surface area contributed by atoms with Gasteiger partial charge in [-0.05, 0) is 106 Å². The molecule has 4 aromatic rings. The second kappa shape index (κ2) is 26.8. The number of rotatable bonds is 29. The number of carbonyl (C=O) groups excluding carboxylic acids is 4. The van der Waals surface area contributed by atoms with Crippen LogP contribution in [-0.4, -0.2) is 121 Å². The molecular formula is C41H59N15O10. The lowest BCUT2D eigenvalue weighted by molar-refractivity contribution is -0.525. The molecule has 0 radical (unpaired) electrons. The molecule has 358 valence electrons. The molecule has 25 heteroatoms. The third-order valence-electron chi connectivity index (χ3n) is 10.1. The van der Waals surface area contributed by atoms with E-state index < -0.39 is 28.1 Å². The number of guanidine groups is 2. The smallest absolute Gasteiger partial charge is 0.251 e. The van der Waals surface area contributed by atoms with E-state index in [1.165, 1.54) is 0 Å². The summed E-state index contributed by atoms with van der Waals surface area (Å²) in [4.78, 5) is 88.2. The number of aromatic nitrogens is 2. The zero-order valence-corrected chi connectivity index (χ0v) is 36.9. The Labute approximate surface area is 379 Å². The Balaban J connectivity index is 1.19. The highest BCUT2D eigenvalue weighted by molar-refractivity contribution is 5.93. The molecule has 2 aromatic heterocycles. The van der Waals surface area contributed by atoms with Gasteiger partial charge in [-0.2, -0.15) is 0 Å². The molecule has 2 atom stereocenters. The number of hydrogen-bond donors (Lipinski definition) is 11. The van der Waals surface area contributed by atoms with E-state index in [1.807, 2.05) is 24.3 Å². The minimum absolute atomic E-state index is 0.00159. The van der Waals surface area contributed by atoms with Gasteiger partial charge in [0, 0.05) is 60.4 Å². The van der Waals surface area contributed by atoms with Crippen molar-refractivity contribution in [2.75, 3.05) is 53.5 Å². The molecule has 0 saturated carbocycles. The molecule has 0 spiro atoms. The Morgan fingerprint density at radius 2 is 1.08 bits per heavy atom. The summed E-state index contributed by atoms with van der Waals surface area (Å²) >= 11 is 0. The minimum Gasteiger partial charge on any atom is -0.497 e. The molecule has 4 amide bonds. The number of nitrogens with one attached hydrogen (secondary N) is 9. The van der Waals surface area contributed by atoms with Crippen LogP contribution in [0.4, 0.5) is 0 Å². The predicted octanol–water partition coefficient (Wildman–Crippen LogP) is 0.166. The molecule has 0 bridgehead atoms. The number of aliphatic imine (C=N–C) groups is 2. The highest BCUT2D eigenvalue weighted by atomic mass is 16.7. The van der Waals surface area contributed by atoms with Crippen LogP contribution in [0, 0.1) is 20.2 Å². The van der Waals surface area contributed by atoms with Crippen LogP contribution in [0.5, 0.6) is 11.5 Å². The summed E-state index contributed by atoms with van der Waals surface area (Å²) in [7, 11) is 3.11. The van der Waals surface area contributed by atoms with E-state index in [9.17, 15) is 39.4 Å². The summed E-state index contributed by atoms with van der Waals surface area (Å²) < 4.78 is 10.6. The van der Waals surface area contributed by atoms with Gasteiger partial charge < -0.3 is 57.5 Å². The zero-order valence-electron chi connectivity index (χ0n) is 36.9. The van der Waals surface area contributed by atoms with Crippen LogP contribution in [0.25, 0.3) is 21.8 Å². The van der Waals surface area contributed by atoms with E-state index in [-0.39, 0.29) is 68.4 Å². The topological polar surface area (TPSA) is 366 Å². The number of carbonyl (C=O) groups is 4. The summed E-state index contributed by atoms with van der Waals surface area (Å²) in [5.41, 5.74) is 17.6. The Morgan fingerprint density at radius 3 is 1.52 bits per heavy atom. The molecule has 25 nitrogen and oxygen atoms in total. The zero-order chi connectivity index (χ0) is 47.8. The molecule has 2 heterocycles. The fraction of sp³-hybridized carbons (Fsp3) is 0.463. The Bertz CT molecular complexity index is 2170. The van der Waals surface area contributed by atoms with Gasteiger partial charge in [0.15, 0.2) is 10.1 Å². The Morgan fingerprint density at radius 1 is 0.652 bits per heavy atom. The highest BCUT2D eigenvalue weighted by Crippen LogP contribution is 2.25. The maximum atomic E-state index is 13.3. The number of benzene rings is 2. The standard InChI is InChI=1S/C41H59N15O10/c1-65-28-10-12-32-30(22-28)26(24-49-32)20-36(57)51-34(8-5-17-47-40(42)53-55(61)62)38(59)45-16-4-3-14-44-15-7-19-46-39(60)35(9-6-18-48-41(43)54-56(63)64)52-37(58)21-27-25-50-33-13-11-29(66-2)23-31(27)33/h10-13,22-25,34-35,44,49-50H,3-9,14-21H2,1-2H3,(H,45,59)(H,46,60)(H,51,57)(H,52,58)(H3,42,47,53)(H3,43,48,54)/t34-,35-/m1/s1. The normalized spacial score (nSPS) is 12.5. The van der Waals surface area contributed by atoms with Gasteiger partial charge >= 0.3 is 0 Å². The van der Waals surface area contributed by atoms with Gasteiger partial charge in [-0.25, -0.2) is 30.2 Å². The van der Waals surface area contributed by atoms with Crippen molar-refractivity contribution in [2.45, 2.75) is 69.9 Å². The van der Waals surface area contributed by atoms with E-state index in [1.54, 1.807) is 49.6 Å². The number of fused-ring (bicyclic) bond motifs is 2. The van der Waals surface area contributed by atoms with Crippen LogP contribution in [-0.2, 0) is 32.0 Å². The summed E-state index contributed by atoms with van der Waals surface area (Å²) in [5, 5.41) is 35.9. The SMILES string of the molecule is COc1ccc2[nH]cc(CC(=O)N[C@H](CCCN=C(N)N[N+](=O)[O-])C(=O)NCCCCNCCCNC(=O)[C@@H](CCCN=C(N)N[N+](=O)[O-])NC(=O)Cc3c[nH]c4ccc(OC)cc34)c2c1. The van der Waals surface area contributed by atoms with Crippen molar-refractivity contribution in [1.29, 1.82) is 0 Å². The monoisotopic (exact) mass is 921 g/mol. The van der Waals surface area contributed by atoms with Crippen LogP contribution in [0.2, 0.25) is 0 Å². The lowest BCUT2D eigenvalue weighted by Crippen LogP contribution is -2.47. The third kappa shape index (κ3) is 17.5. The first-order chi connectivity index (χ1) is 31.8. The molecule has 0 aliphatic rings. The number of methoxy groups -OCH3 is 2. The number of unbranched alkanes of at least 4 members (excludes halogenated alkanes) is 1. The van der Waals surface area contributed by atoms with Gasteiger partial charge in [0.25, 0.3) is 11.9 Å². The van der Waals surface area contributed by atoms with Crippen molar-refractivity contribution in [3.05, 3.63) is 80.1 Å². The first-order valence-electron chi connectivity index (χ1n) is 21.3. The quantitative estimate of drug-likeness (QED) is 0.0114. The Hall–Kier alpha value is -7.70. The third-order valence-corrected chi connectivity index (χ3v) is 10.1. The predicted molar refractivity (Wildman–Crippen MR) is 245 cm³/mol. The molecule has 0 unspecified atom stereocenters. The minimum atomic E-state index is -0.900. The number of H-pyrrole nitrogens is 2. The molecule has 0 aliphatic carbocycles. The van der Waals surface area contributed by atoms with Crippen molar-refractivity contribution < 1.29 is 38.7 Å². The number of amides is 4. The number of hydrazine groups is 2. The lowest BCUT2D eigenvalue weighted by Gasteiger charge is -2.19. The number of aromatic amines is 2. The van der Waals surface area contributed by atoms with Crippen LogP contribution in [0.15, 0.2) is 58.8 Å². The summed E-state index contributed by atoms with van der Waals surface area (Å²) in [6.07, 6.45) is 6.41. The van der Waals surface area contributed by atoms with E-state index in [2.05, 4.69) is 46.5 Å². The van der Waals surface area contributed by atoms with Crippen LogP contribution in [0.1, 0.15) is 56.1 Å². The molecule has 0 fully saturated rings. The maximum Gasteiger partial charge on any atom is 0.251 e. The van der Waals surface area contributed by atoms with Crippen molar-refractivity contribution in [3.63, 3.8) is 0 Å². The van der Waals surface area contributed by atoms with Gasteiger partial charge in [0.05, 0.1) is 27.1 Å². The summed E-state index contributed by atoms with van der Waals surface area (Å²) in [5.74, 6) is -1.00. The molecular weight excluding hydrogens is 863 g/mol. The Kier molecular flexibility index (Phi) is 20.7. The molecule has 4 rings (SSSR count). The van der Waals surface area contributed by atoms with Crippen molar-refractivity contribution in [3.8, 4) is 11.5 Å².